The molecule has 0 spiro atoms. The molecule has 0 amide bonds. The van der Waals surface area contributed by atoms with Crippen molar-refractivity contribution < 1.29 is 0 Å². The van der Waals surface area contributed by atoms with Crippen molar-refractivity contribution >= 4 is 65.4 Å². The van der Waals surface area contributed by atoms with E-state index in [4.69, 9.17) is 9.97 Å². The molecule has 4 aromatic heterocycles. The minimum absolute atomic E-state index is 0.0459. The van der Waals surface area contributed by atoms with Gasteiger partial charge in [0.2, 0.25) is 0 Å². The topological polar surface area (TPSA) is 40.6 Å². The smallest absolute Gasteiger partial charge is 0.160 e. The monoisotopic (exact) mass is 1380 g/mol. The lowest BCUT2D eigenvalue weighted by atomic mass is 9.82. The lowest BCUT2D eigenvalue weighted by molar-refractivity contribution is 0.660. The van der Waals surface area contributed by atoms with Crippen molar-refractivity contribution in [3.63, 3.8) is 0 Å². The van der Waals surface area contributed by atoms with Gasteiger partial charge in [-0.25, -0.2) is 9.97 Å². The van der Waals surface area contributed by atoms with Gasteiger partial charge in [-0.1, -0.05) is 248 Å². The first-order chi connectivity index (χ1) is 52.8. The summed E-state index contributed by atoms with van der Waals surface area (Å²) >= 11 is 0. The minimum Gasteiger partial charge on any atom is -0.309 e. The summed E-state index contributed by atoms with van der Waals surface area (Å²) in [6.07, 6.45) is 0. The first-order valence-electron chi connectivity index (χ1n) is 37.8. The van der Waals surface area contributed by atoms with E-state index in [2.05, 4.69) is 389 Å². The number of aromatic nitrogens is 5. The fourth-order valence-corrected chi connectivity index (χ4v) is 19.2. The van der Waals surface area contributed by atoms with E-state index in [0.717, 1.165) is 78.2 Å². The van der Waals surface area contributed by atoms with Crippen LogP contribution in [-0.2, 0) is 16.2 Å². The molecule has 0 saturated carbocycles. The van der Waals surface area contributed by atoms with Gasteiger partial charge in [0.1, 0.15) is 0 Å². The third-order valence-electron chi connectivity index (χ3n) is 24.7. The van der Waals surface area contributed by atoms with Crippen LogP contribution >= 0.6 is 0 Å². The Hall–Kier alpha value is -13.2. The van der Waals surface area contributed by atoms with Crippen LogP contribution < -0.4 is 0 Å². The summed E-state index contributed by atoms with van der Waals surface area (Å²) in [5, 5.41) is 7.31. The van der Waals surface area contributed by atoms with E-state index in [1.54, 1.807) is 0 Å². The molecule has 22 rings (SSSR count). The van der Waals surface area contributed by atoms with Crippen molar-refractivity contribution in [2.45, 2.75) is 57.8 Å². The highest BCUT2D eigenvalue weighted by atomic mass is 15.0. The van der Waals surface area contributed by atoms with E-state index in [1.807, 2.05) is 0 Å². The highest BCUT2D eigenvalue weighted by Gasteiger charge is 2.38. The molecular weight excluding hydrogens is 1310 g/mol. The molecule has 5 heteroatoms. The Kier molecular flexibility index (Phi) is 13.2. The van der Waals surface area contributed by atoms with Gasteiger partial charge in [0.15, 0.2) is 5.82 Å². The van der Waals surface area contributed by atoms with Gasteiger partial charge in [-0.2, -0.15) is 0 Å². The van der Waals surface area contributed by atoms with Crippen LogP contribution in [0, 0.1) is 0 Å². The van der Waals surface area contributed by atoms with Crippen LogP contribution in [0.4, 0.5) is 0 Å². The third-order valence-corrected chi connectivity index (χ3v) is 24.7. The summed E-state index contributed by atoms with van der Waals surface area (Å²) in [7, 11) is 0. The summed E-state index contributed by atoms with van der Waals surface area (Å²) in [5.74, 6) is 0.651. The van der Waals surface area contributed by atoms with Crippen LogP contribution in [0.3, 0.4) is 0 Å². The molecule has 0 radical (unpaired) electrons. The maximum atomic E-state index is 5.50. The van der Waals surface area contributed by atoms with Crippen molar-refractivity contribution in [1.29, 1.82) is 0 Å². The Bertz CT molecular complexity index is 6370. The van der Waals surface area contributed by atoms with E-state index in [-0.39, 0.29) is 16.2 Å². The number of fused-ring (bicyclic) bond motifs is 18. The fraction of sp³-hybridized carbons (Fsp3) is 0.0874. The highest BCUT2D eigenvalue weighted by molar-refractivity contribution is 6.13. The van der Waals surface area contributed by atoms with Gasteiger partial charge in [-0.15, -0.1) is 0 Å². The number of nitrogens with zero attached hydrogens (tertiary/aromatic N) is 5. The molecule has 3 aliphatic carbocycles. The van der Waals surface area contributed by atoms with E-state index in [1.165, 1.54) is 132 Å². The predicted molar refractivity (Wildman–Crippen MR) is 450 cm³/mol. The average molecular weight is 1380 g/mol. The summed E-state index contributed by atoms with van der Waals surface area (Å²) in [6.45, 7) is 14.1. The van der Waals surface area contributed by atoms with Gasteiger partial charge in [0.05, 0.1) is 44.5 Å². The fourth-order valence-electron chi connectivity index (χ4n) is 19.2. The SMILES string of the molecule is CC1(C)c2ccccc2-c2cc(-c3ccc4c(c3)c3ccccc3n4-c3ccc(-c4cc(-c5ccc(-n6c7ccccc7c7cc(-c8ccc9c(c8)-c8ccccc8C9(C)C)ccc76)cc5)nc(-c5ccc(-n6c7ccccc7c7cc(-c8ccc9c(c8)-c8ccccc8C9(C)C)ccc76)cc5)n4)cc3)ccc21. The Morgan fingerprint density at radius 1 is 0.194 bits per heavy atom. The number of rotatable bonds is 9. The quantitative estimate of drug-likeness (QED) is 0.144. The largest absolute Gasteiger partial charge is 0.309 e. The Morgan fingerprint density at radius 3 is 0.778 bits per heavy atom. The van der Waals surface area contributed by atoms with Crippen LogP contribution in [-0.4, -0.2) is 23.7 Å². The summed E-state index contributed by atoms with van der Waals surface area (Å²) in [5.41, 5.74) is 38.2. The van der Waals surface area contributed by atoms with Gasteiger partial charge in [-0.3, -0.25) is 0 Å². The van der Waals surface area contributed by atoms with Gasteiger partial charge >= 0.3 is 0 Å². The first-order valence-corrected chi connectivity index (χ1v) is 37.8. The van der Waals surface area contributed by atoms with E-state index >= 15 is 0 Å². The zero-order valence-corrected chi connectivity index (χ0v) is 61.0. The summed E-state index contributed by atoms with van der Waals surface area (Å²) < 4.78 is 7.22. The normalized spacial score (nSPS) is 14.1. The molecule has 0 unspecified atom stereocenters. The second-order valence-electron chi connectivity index (χ2n) is 31.6. The zero-order valence-electron chi connectivity index (χ0n) is 61.0. The van der Waals surface area contributed by atoms with E-state index in [0.29, 0.717) is 5.82 Å². The number of para-hydroxylation sites is 3. The number of hydrogen-bond donors (Lipinski definition) is 0. The first kappa shape index (κ1) is 62.2. The molecular formula is C103H73N5. The predicted octanol–water partition coefficient (Wildman–Crippen LogP) is 26.7. The Morgan fingerprint density at radius 2 is 0.444 bits per heavy atom. The maximum Gasteiger partial charge on any atom is 0.160 e. The van der Waals surface area contributed by atoms with Crippen molar-refractivity contribution in [2.24, 2.45) is 0 Å². The van der Waals surface area contributed by atoms with Gasteiger partial charge in [0.25, 0.3) is 0 Å². The molecule has 3 aliphatic rings. The van der Waals surface area contributed by atoms with Gasteiger partial charge in [0, 0.05) is 82.3 Å². The molecule has 0 bridgehead atoms. The van der Waals surface area contributed by atoms with Crippen LogP contribution in [0.2, 0.25) is 0 Å². The van der Waals surface area contributed by atoms with Gasteiger partial charge < -0.3 is 13.7 Å². The van der Waals surface area contributed by atoms with Gasteiger partial charge in [-0.05, 0) is 228 Å². The third kappa shape index (κ3) is 9.12. The molecule has 4 heterocycles. The second-order valence-corrected chi connectivity index (χ2v) is 31.6. The molecule has 0 aliphatic heterocycles. The maximum absolute atomic E-state index is 5.50. The standard InChI is InChI=1S/C103H73N5/c1-101(2)86-25-13-7-19-74(86)80-55-65(37-49-89(80)101)68-40-52-97-83(58-68)77-22-10-16-28-94(77)106(97)71-43-31-62(32-44-71)92-61-93(63-33-45-72(46-34-63)107-95-29-17-11-23-78(95)84-59-69(41-53-98(84)107)66-38-50-90-81(56-66)75-20-8-14-26-87(75)102(90,3)4)105-100(104-92)64-35-47-73(48-36-64)108-96-30-18-12-24-79(96)85-60-70(42-54-99(85)108)67-39-51-91-82(57-67)76-21-9-15-27-88(76)103(91,5)6/h7-61H,1-6H3. The lowest BCUT2D eigenvalue weighted by Crippen LogP contribution is -2.14. The Labute approximate surface area is 627 Å². The summed E-state index contributed by atoms with van der Waals surface area (Å²) in [6, 6.07) is 124. The minimum atomic E-state index is -0.0468. The van der Waals surface area contributed by atoms with E-state index < -0.39 is 0 Å². The molecule has 0 atom stereocenters. The van der Waals surface area contributed by atoms with Crippen molar-refractivity contribution in [1.82, 2.24) is 23.7 Å². The van der Waals surface area contributed by atoms with Crippen molar-refractivity contribution in [3.05, 3.63) is 367 Å². The molecule has 0 N–H and O–H groups in total. The van der Waals surface area contributed by atoms with Crippen LogP contribution in [0.25, 0.3) is 183 Å². The molecule has 5 nitrogen and oxygen atoms in total. The van der Waals surface area contributed by atoms with Crippen LogP contribution in [0.5, 0.6) is 0 Å². The molecule has 15 aromatic carbocycles. The number of benzene rings is 15. The number of hydrogen-bond acceptors (Lipinski definition) is 2. The lowest BCUT2D eigenvalue weighted by Gasteiger charge is -2.21. The van der Waals surface area contributed by atoms with Crippen molar-refractivity contribution in [2.75, 3.05) is 0 Å². The highest BCUT2D eigenvalue weighted by Crippen LogP contribution is 2.54. The van der Waals surface area contributed by atoms with Crippen LogP contribution in [0.1, 0.15) is 74.9 Å². The van der Waals surface area contributed by atoms with E-state index in [9.17, 15) is 0 Å². The van der Waals surface area contributed by atoms with Crippen molar-refractivity contribution in [3.8, 4) is 118 Å². The Balaban J connectivity index is 0.634. The zero-order chi connectivity index (χ0) is 72.1. The molecule has 19 aromatic rings. The molecule has 108 heavy (non-hydrogen) atoms. The summed E-state index contributed by atoms with van der Waals surface area (Å²) in [4.78, 5) is 11.0. The van der Waals surface area contributed by atoms with Crippen LogP contribution in [0.15, 0.2) is 334 Å². The molecule has 0 fully saturated rings. The average Bonchev–Trinajstić information content (AvgIpc) is 1.59. The molecule has 0 saturated heterocycles. The molecule has 510 valence electrons. The second kappa shape index (κ2) is 22.9.